The molecule has 0 spiro atoms. The van der Waals surface area contributed by atoms with Crippen molar-refractivity contribution in [3.8, 4) is 0 Å². The van der Waals surface area contributed by atoms with Gasteiger partial charge in [0, 0.05) is 0 Å². The Labute approximate surface area is 230 Å². The zero-order chi connectivity index (χ0) is 21.8. The van der Waals surface area contributed by atoms with Crippen LogP contribution in [0.4, 0.5) is 0 Å². The second-order valence-corrected chi connectivity index (χ2v) is 10.4. The van der Waals surface area contributed by atoms with Gasteiger partial charge in [-0.3, -0.25) is 0 Å². The summed E-state index contributed by atoms with van der Waals surface area (Å²) in [6.07, 6.45) is 21.6. The average Bonchev–Trinajstić information content (AvgIpc) is 2.67. The topological polar surface area (TPSA) is 77.4 Å². The molecule has 0 fully saturated rings. The molecule has 0 saturated heterocycles. The van der Waals surface area contributed by atoms with E-state index in [1.54, 1.807) is 0 Å². The number of aliphatic hydroxyl groups excluding tert-OH is 1. The van der Waals surface area contributed by atoms with Crippen molar-refractivity contribution in [3.05, 3.63) is 0 Å². The van der Waals surface area contributed by atoms with Crippen LogP contribution < -0.4 is 51.4 Å². The maximum atomic E-state index is 11.4. The molecule has 0 aliphatic carbocycles. The largest absolute Gasteiger partial charge is 1.00 e. The summed E-state index contributed by atoms with van der Waals surface area (Å²) in [5.41, 5.74) is 0. The number of aliphatic hydroxyl groups is 1. The molecule has 4 nitrogen and oxygen atoms in total. The van der Waals surface area contributed by atoms with E-state index in [1.165, 1.54) is 83.5 Å². The normalized spacial score (nSPS) is 13.7. The van der Waals surface area contributed by atoms with Crippen LogP contribution in [0, 0.1) is 0 Å². The summed E-state index contributed by atoms with van der Waals surface area (Å²) in [6, 6.07) is 0. The summed E-state index contributed by atoms with van der Waals surface area (Å²) in [7, 11) is -4.42. The van der Waals surface area contributed by atoms with Crippen LogP contribution in [0.3, 0.4) is 0 Å². The summed E-state index contributed by atoms with van der Waals surface area (Å²) >= 11 is 0. The van der Waals surface area contributed by atoms with Gasteiger partial charge in [0.1, 0.15) is 10.1 Å². The molecule has 0 bridgehead atoms. The fourth-order valence-corrected chi connectivity index (χ4v) is 5.00. The zero-order valence-corrected chi connectivity index (χ0v) is 24.3. The number of hydrogen-bond acceptors (Lipinski definition) is 4. The van der Waals surface area contributed by atoms with E-state index in [2.05, 4.69) is 6.92 Å². The van der Waals surface area contributed by atoms with E-state index in [1.807, 2.05) is 6.92 Å². The van der Waals surface area contributed by atoms with Gasteiger partial charge in [-0.05, 0) is 12.8 Å². The second kappa shape index (κ2) is 23.7. The average molecular weight is 473 g/mol. The quantitative estimate of drug-likeness (QED) is 0.146. The van der Waals surface area contributed by atoms with Crippen molar-refractivity contribution in [1.29, 1.82) is 0 Å². The van der Waals surface area contributed by atoms with E-state index in [9.17, 15) is 18.1 Å². The minimum absolute atomic E-state index is 0. The Kier molecular flexibility index (Phi) is 26.6. The van der Waals surface area contributed by atoms with Gasteiger partial charge in [-0.1, -0.05) is 129 Å². The van der Waals surface area contributed by atoms with Crippen molar-refractivity contribution < 1.29 is 69.5 Å². The van der Waals surface area contributed by atoms with Gasteiger partial charge < -0.3 is 9.66 Å². The molecule has 30 heavy (non-hydrogen) atoms. The molecule has 2 atom stereocenters. The van der Waals surface area contributed by atoms with Gasteiger partial charge in [0.15, 0.2) is 0 Å². The molecule has 2 unspecified atom stereocenters. The van der Waals surface area contributed by atoms with E-state index in [-0.39, 0.29) is 51.4 Å². The van der Waals surface area contributed by atoms with Gasteiger partial charge in [-0.25, -0.2) is 8.42 Å². The standard InChI is InChI=1S/C24H50O4S.K/c1-3-5-7-8-9-10-11-12-13-14-15-16-17-18-19-20-22-24(29(26,27)28)23(25)21-6-4-2;/h23-25H,3-22H2,1-2H3,(H,26,27,28);/q;+1/p-1. The van der Waals surface area contributed by atoms with Gasteiger partial charge in [-0.15, -0.1) is 0 Å². The van der Waals surface area contributed by atoms with Crippen molar-refractivity contribution in [1.82, 2.24) is 0 Å². The minimum Gasteiger partial charge on any atom is -0.748 e. The first kappa shape index (κ1) is 33.7. The summed E-state index contributed by atoms with van der Waals surface area (Å²) in [6.45, 7) is 4.25. The van der Waals surface area contributed by atoms with Crippen LogP contribution in [0.2, 0.25) is 0 Å². The first-order valence-electron chi connectivity index (χ1n) is 12.6. The Bertz CT molecular complexity index is 442. The predicted molar refractivity (Wildman–Crippen MR) is 123 cm³/mol. The Morgan fingerprint density at radius 3 is 1.27 bits per heavy atom. The summed E-state index contributed by atoms with van der Waals surface area (Å²) in [5.74, 6) is 0. The molecule has 0 radical (unpaired) electrons. The first-order valence-corrected chi connectivity index (χ1v) is 14.0. The maximum Gasteiger partial charge on any atom is 1.00 e. The van der Waals surface area contributed by atoms with E-state index < -0.39 is 21.5 Å². The van der Waals surface area contributed by atoms with Crippen molar-refractivity contribution >= 4 is 10.1 Å². The molecule has 1 N–H and O–H groups in total. The monoisotopic (exact) mass is 472 g/mol. The number of hydrogen-bond donors (Lipinski definition) is 1. The van der Waals surface area contributed by atoms with Crippen LogP contribution in [0.25, 0.3) is 0 Å². The molecule has 0 amide bonds. The van der Waals surface area contributed by atoms with E-state index >= 15 is 0 Å². The SMILES string of the molecule is CCCCCCCCCCCCCCCCCCC(C(O)CCCC)S(=O)(=O)[O-].[K+]. The molecule has 0 saturated carbocycles. The molecule has 6 heteroatoms. The van der Waals surface area contributed by atoms with Crippen LogP contribution in [-0.4, -0.2) is 29.4 Å². The van der Waals surface area contributed by atoms with Crippen molar-refractivity contribution in [2.45, 2.75) is 154 Å². The molecule has 0 aromatic heterocycles. The van der Waals surface area contributed by atoms with Gasteiger partial charge in [0.25, 0.3) is 0 Å². The van der Waals surface area contributed by atoms with Crippen LogP contribution in [0.15, 0.2) is 0 Å². The molecule has 176 valence electrons. The first-order chi connectivity index (χ1) is 13.9. The van der Waals surface area contributed by atoms with Crippen LogP contribution in [-0.2, 0) is 10.1 Å². The Balaban J connectivity index is 0. The van der Waals surface area contributed by atoms with E-state index in [0.717, 1.165) is 25.7 Å². The molecule has 0 aliphatic rings. The van der Waals surface area contributed by atoms with Crippen LogP contribution in [0.5, 0.6) is 0 Å². The third-order valence-corrected chi connectivity index (χ3v) is 7.29. The second-order valence-electron chi connectivity index (χ2n) is 8.83. The van der Waals surface area contributed by atoms with Gasteiger partial charge in [0.2, 0.25) is 0 Å². The van der Waals surface area contributed by atoms with Gasteiger partial charge in [-0.2, -0.15) is 0 Å². The number of unbranched alkanes of at least 4 members (excludes halogenated alkanes) is 16. The third kappa shape index (κ3) is 21.4. The molecule has 0 heterocycles. The molecule has 0 aromatic rings. The van der Waals surface area contributed by atoms with Crippen LogP contribution in [0.1, 0.15) is 142 Å². The van der Waals surface area contributed by atoms with Crippen molar-refractivity contribution in [2.75, 3.05) is 0 Å². The predicted octanol–water partition coefficient (Wildman–Crippen LogP) is 4.11. The van der Waals surface area contributed by atoms with Crippen LogP contribution >= 0.6 is 0 Å². The molecular formula is C24H49KO4S. The third-order valence-electron chi connectivity index (χ3n) is 6.00. The van der Waals surface area contributed by atoms with E-state index in [4.69, 9.17) is 0 Å². The Morgan fingerprint density at radius 2 is 0.933 bits per heavy atom. The van der Waals surface area contributed by atoms with Crippen molar-refractivity contribution in [3.63, 3.8) is 0 Å². The molecular weight excluding hydrogens is 423 g/mol. The minimum atomic E-state index is -4.42. The molecule has 0 rings (SSSR count). The maximum absolute atomic E-state index is 11.4. The zero-order valence-electron chi connectivity index (χ0n) is 20.4. The molecule has 0 aromatic carbocycles. The fraction of sp³-hybridized carbons (Fsp3) is 1.00. The molecule has 0 aliphatic heterocycles. The fourth-order valence-electron chi connectivity index (χ4n) is 4.02. The Morgan fingerprint density at radius 1 is 0.600 bits per heavy atom. The Hall–Kier alpha value is 1.51. The van der Waals surface area contributed by atoms with E-state index in [0.29, 0.717) is 19.3 Å². The van der Waals surface area contributed by atoms with Gasteiger partial charge >= 0.3 is 51.4 Å². The van der Waals surface area contributed by atoms with Gasteiger partial charge in [0.05, 0.1) is 11.4 Å². The summed E-state index contributed by atoms with van der Waals surface area (Å²) in [4.78, 5) is 0. The number of rotatable bonds is 22. The summed E-state index contributed by atoms with van der Waals surface area (Å²) in [5, 5.41) is 8.90. The van der Waals surface area contributed by atoms with Crippen molar-refractivity contribution in [2.24, 2.45) is 0 Å². The summed E-state index contributed by atoms with van der Waals surface area (Å²) < 4.78 is 34.2. The smallest absolute Gasteiger partial charge is 0.748 e.